The van der Waals surface area contributed by atoms with Crippen molar-refractivity contribution in [2.75, 3.05) is 0 Å². The minimum absolute atomic E-state index is 0.0114. The fourth-order valence-corrected chi connectivity index (χ4v) is 17.1. The first-order valence-corrected chi connectivity index (χ1v) is 42.5. The average molecular weight is 1580 g/mol. The molecule has 0 N–H and O–H groups in total. The van der Waals surface area contributed by atoms with Gasteiger partial charge in [0.25, 0.3) is 0 Å². The zero-order valence-electron chi connectivity index (χ0n) is 76.9. The smallest absolute Gasteiger partial charge is 0.143 e. The quantitative estimate of drug-likeness (QED) is 0.158. The Labute approximate surface area is 715 Å². The Morgan fingerprint density at radius 2 is 0.600 bits per heavy atom. The number of aromatic nitrogens is 9. The molecule has 17 rings (SSSR count). The van der Waals surface area contributed by atoms with Crippen LogP contribution in [-0.2, 0) is 32.5 Å². The van der Waals surface area contributed by atoms with Crippen LogP contribution in [-0.4, -0.2) is 43.6 Å². The molecule has 0 unspecified atom stereocenters. The number of hydrogen-bond donors (Lipinski definition) is 0. The van der Waals surface area contributed by atoms with E-state index in [4.69, 9.17) is 11.3 Å². The number of benzene rings is 8. The van der Waals surface area contributed by atoms with E-state index >= 15 is 0 Å². The molecule has 0 aliphatic carbocycles. The van der Waals surface area contributed by atoms with Gasteiger partial charge in [-0.1, -0.05) is 308 Å². The zero-order valence-corrected chi connectivity index (χ0v) is 75.9. The molecule has 0 radical (unpaired) electrons. The van der Waals surface area contributed by atoms with Gasteiger partial charge in [-0.15, -0.1) is 0 Å². The highest BCUT2D eigenvalue weighted by Gasteiger charge is 2.31. The van der Waals surface area contributed by atoms with Gasteiger partial charge in [0.2, 0.25) is 0 Å². The summed E-state index contributed by atoms with van der Waals surface area (Å²) in [4.78, 5) is 28.5. The second kappa shape index (κ2) is 34.1. The topological polar surface area (TPSA) is 92.1 Å². The molecule has 17 aromatic rings. The first-order chi connectivity index (χ1) is 56.9. The van der Waals surface area contributed by atoms with Gasteiger partial charge in [0, 0.05) is 91.4 Å². The van der Waals surface area contributed by atoms with E-state index in [1.165, 1.54) is 121 Å². The van der Waals surface area contributed by atoms with Crippen molar-refractivity contribution in [2.24, 2.45) is 0 Å². The predicted molar refractivity (Wildman–Crippen MR) is 513 cm³/mol. The number of hydrogen-bond acceptors (Lipinski definition) is 6. The third kappa shape index (κ3) is 18.4. The Balaban J connectivity index is 0.000000136. The second-order valence-corrected chi connectivity index (χ2v) is 38.8. The molecule has 0 atom stereocenters. The van der Waals surface area contributed by atoms with E-state index in [1.54, 1.807) is 0 Å². The maximum absolute atomic E-state index is 8.35. The molecule has 0 amide bonds. The van der Waals surface area contributed by atoms with E-state index in [0.29, 0.717) is 0 Å². The number of para-hydroxylation sites is 6. The van der Waals surface area contributed by atoms with E-state index < -0.39 is 5.89 Å². The van der Waals surface area contributed by atoms with Crippen molar-refractivity contribution in [3.8, 4) is 51.0 Å². The Bertz CT molecular complexity index is 6310. The van der Waals surface area contributed by atoms with Crippen molar-refractivity contribution in [2.45, 2.75) is 218 Å². The SMILES string of the molecule is CC(C)(C)c1ccc(-n2c3ccccc3c3ccccc32)nc1-c1ccccc1.CC(C)(C)c1ccc(-n2c3ccccc3c3ccccc32)nc1-n1c2ccccc2c2ccccc21.Cc1cc(-c2cccc(-c3cc(C)nc(C)c3)c2C(C)(C)C)cc(C)n1.Cc1cc(C(C)(C)C)cc(C)n1.[2H]C(C)(C)c1cncc(C(C)(C)C)c1C(C)(C)C. The zero-order chi connectivity index (χ0) is 87.2. The molecule has 120 heavy (non-hydrogen) atoms. The molecule has 9 heterocycles. The normalized spacial score (nSPS) is 12.4. The van der Waals surface area contributed by atoms with Crippen molar-refractivity contribution < 1.29 is 1.37 Å². The summed E-state index contributed by atoms with van der Waals surface area (Å²) in [7, 11) is 0. The van der Waals surface area contributed by atoms with Crippen LogP contribution in [0.15, 0.2) is 267 Å². The van der Waals surface area contributed by atoms with Crippen LogP contribution < -0.4 is 0 Å². The van der Waals surface area contributed by atoms with Gasteiger partial charge in [-0.2, -0.15) is 0 Å². The maximum atomic E-state index is 8.35. The van der Waals surface area contributed by atoms with E-state index in [1.807, 2.05) is 40.1 Å². The number of nitrogens with zero attached hydrogens (tertiary/aromatic N) is 9. The van der Waals surface area contributed by atoms with Gasteiger partial charge in [-0.3, -0.25) is 33.6 Å². The molecule has 0 saturated heterocycles. The van der Waals surface area contributed by atoms with E-state index in [9.17, 15) is 0 Å². The third-order valence-corrected chi connectivity index (χ3v) is 22.4. The number of pyridine rings is 6. The summed E-state index contributed by atoms with van der Waals surface area (Å²) in [6.45, 7) is 56.6. The van der Waals surface area contributed by atoms with Crippen LogP contribution in [0.1, 0.15) is 219 Å². The molecule has 8 aromatic carbocycles. The summed E-state index contributed by atoms with van der Waals surface area (Å²) in [5.74, 6) is 2.25. The van der Waals surface area contributed by atoms with E-state index in [2.05, 4.69) is 441 Å². The first kappa shape index (κ1) is 84.5. The molecule has 0 aliphatic heterocycles. The number of aryl methyl sites for hydroxylation is 6. The minimum Gasteiger partial charge on any atom is -0.294 e. The van der Waals surface area contributed by atoms with Gasteiger partial charge in [0.15, 0.2) is 0 Å². The summed E-state index contributed by atoms with van der Waals surface area (Å²) in [5, 5.41) is 7.49. The van der Waals surface area contributed by atoms with Gasteiger partial charge in [0.05, 0.1) is 38.8 Å². The predicted octanol–water partition coefficient (Wildman–Crippen LogP) is 29.9. The monoisotopic (exact) mass is 1580 g/mol. The second-order valence-electron chi connectivity index (χ2n) is 38.8. The fourth-order valence-electron chi connectivity index (χ4n) is 17.1. The fraction of sp³-hybridized carbons (Fsp3) is 0.297. The van der Waals surface area contributed by atoms with Crippen LogP contribution in [0, 0.1) is 41.5 Å². The molecule has 0 saturated carbocycles. The van der Waals surface area contributed by atoms with Gasteiger partial charge >= 0.3 is 0 Å². The highest BCUT2D eigenvalue weighted by Crippen LogP contribution is 2.44. The van der Waals surface area contributed by atoms with Gasteiger partial charge in [-0.05, 0) is 220 Å². The Hall–Kier alpha value is -11.9. The van der Waals surface area contributed by atoms with Crippen LogP contribution in [0.3, 0.4) is 0 Å². The molecule has 0 fully saturated rings. The van der Waals surface area contributed by atoms with Crippen LogP contribution in [0.25, 0.3) is 116 Å². The lowest BCUT2D eigenvalue weighted by Crippen LogP contribution is -2.24. The average Bonchev–Trinajstić information content (AvgIpc) is 1.49. The van der Waals surface area contributed by atoms with Crippen molar-refractivity contribution in [3.63, 3.8) is 0 Å². The summed E-state index contributed by atoms with van der Waals surface area (Å²) in [6.07, 6.45) is 3.83. The van der Waals surface area contributed by atoms with Crippen LogP contribution in [0.5, 0.6) is 0 Å². The Kier molecular flexibility index (Phi) is 24.0. The summed E-state index contributed by atoms with van der Waals surface area (Å²) in [5.41, 5.74) is 29.8. The van der Waals surface area contributed by atoms with Crippen LogP contribution in [0.2, 0.25) is 0 Å². The van der Waals surface area contributed by atoms with Crippen LogP contribution in [0.4, 0.5) is 0 Å². The lowest BCUT2D eigenvalue weighted by Gasteiger charge is -2.32. The Morgan fingerprint density at radius 1 is 0.275 bits per heavy atom. The molecule has 9 nitrogen and oxygen atoms in total. The van der Waals surface area contributed by atoms with Crippen molar-refractivity contribution in [1.29, 1.82) is 0 Å². The molecule has 0 spiro atoms. The third-order valence-electron chi connectivity index (χ3n) is 22.4. The molecule has 9 aromatic heterocycles. The first-order valence-electron chi connectivity index (χ1n) is 43.0. The van der Waals surface area contributed by atoms with Gasteiger partial charge in [0.1, 0.15) is 17.5 Å². The summed E-state index contributed by atoms with van der Waals surface area (Å²) < 4.78 is 15.3. The van der Waals surface area contributed by atoms with Gasteiger partial charge < -0.3 is 0 Å². The highest BCUT2D eigenvalue weighted by molar-refractivity contribution is 6.11. The standard InChI is InChI=1S/C33H27N3.C27H24N2.C24H28N2.C16H27N.C11H17N/c1-33(2,3)26-20-21-31(35-27-16-8-4-12-22(27)23-13-5-9-17-28(23)35)34-32(26)36-29-18-10-6-14-24(29)25-15-7-11-19-30(25)36;1-27(2,3)22-17-18-25(28-26(22)19-11-5-4-6-12-19)29-23-15-9-7-13-20(23)21-14-8-10-16-24(21)29;1-15-11-19(12-16(2)25-15)21-9-8-10-22(23(21)24(5,6)7)20-13-17(3)26-18(4)14-20;1-11(2)12-9-17-10-13(15(3,4)5)14(12)16(6,7)8;1-8-6-10(11(3,4)5)7-9(2)12-8/h4-21H,1-3H3;4-18H,1-3H3;8-14H,1-7H3;9-11H,1-8H3;6-7H,1-5H3/i;;;11D;. The lowest BCUT2D eigenvalue weighted by molar-refractivity contribution is 0.518. The lowest BCUT2D eigenvalue weighted by atomic mass is 9.73. The van der Waals surface area contributed by atoms with Crippen molar-refractivity contribution >= 4 is 65.4 Å². The van der Waals surface area contributed by atoms with Crippen LogP contribution >= 0.6 is 0 Å². The van der Waals surface area contributed by atoms with E-state index in [-0.39, 0.29) is 32.5 Å². The molecule has 9 heteroatoms. The van der Waals surface area contributed by atoms with Crippen molar-refractivity contribution in [1.82, 2.24) is 43.6 Å². The molecule has 612 valence electrons. The van der Waals surface area contributed by atoms with E-state index in [0.717, 1.165) is 68.4 Å². The molecule has 0 aliphatic rings. The summed E-state index contributed by atoms with van der Waals surface area (Å²) in [6, 6.07) is 90.7. The number of fused-ring (bicyclic) bond motifs is 9. The van der Waals surface area contributed by atoms with Crippen molar-refractivity contribution in [3.05, 3.63) is 340 Å². The van der Waals surface area contributed by atoms with Gasteiger partial charge in [-0.25, -0.2) is 9.97 Å². The molecular formula is C111H123N9. The number of rotatable bonds is 7. The Morgan fingerprint density at radius 3 is 0.942 bits per heavy atom. The largest absolute Gasteiger partial charge is 0.294 e. The maximum Gasteiger partial charge on any atom is 0.143 e. The molecular weight excluding hydrogens is 1460 g/mol. The molecule has 0 bridgehead atoms. The summed E-state index contributed by atoms with van der Waals surface area (Å²) >= 11 is 0. The highest BCUT2D eigenvalue weighted by atomic mass is 15.1. The minimum atomic E-state index is -0.614.